The lowest BCUT2D eigenvalue weighted by Crippen LogP contribution is -2.04. The van der Waals surface area contributed by atoms with Crippen LogP contribution in [0.3, 0.4) is 0 Å². The van der Waals surface area contributed by atoms with Crippen molar-refractivity contribution < 1.29 is 13.9 Å². The van der Waals surface area contributed by atoms with E-state index in [0.29, 0.717) is 28.0 Å². The van der Waals surface area contributed by atoms with Gasteiger partial charge in [-0.1, -0.05) is 23.9 Å². The lowest BCUT2D eigenvalue weighted by molar-refractivity contribution is 0.204. The van der Waals surface area contributed by atoms with Crippen LogP contribution in [0, 0.1) is 11.6 Å². The average molecular weight is 410 g/mol. The zero-order valence-electron chi connectivity index (χ0n) is 15.1. The number of halogens is 2. The lowest BCUT2D eigenvalue weighted by atomic mass is 10.1. The number of aromatic nitrogens is 4. The average Bonchev–Trinajstić information content (AvgIpc) is 3.17. The Labute approximate surface area is 170 Å². The van der Waals surface area contributed by atoms with Crippen LogP contribution in [0.1, 0.15) is 11.7 Å². The minimum atomic E-state index is -0.802. The summed E-state index contributed by atoms with van der Waals surface area (Å²) in [5, 5.41) is 19.5. The molecule has 0 bridgehead atoms. The molecule has 5 nitrogen and oxygen atoms in total. The highest BCUT2D eigenvalue weighted by Crippen LogP contribution is 2.30. The van der Waals surface area contributed by atoms with Crippen LogP contribution in [-0.4, -0.2) is 30.6 Å². The van der Waals surface area contributed by atoms with Crippen molar-refractivity contribution in [2.45, 2.75) is 11.3 Å². The summed E-state index contributed by atoms with van der Waals surface area (Å²) in [6, 6.07) is 15.4. The van der Waals surface area contributed by atoms with Crippen molar-refractivity contribution >= 4 is 11.8 Å². The predicted molar refractivity (Wildman–Crippen MR) is 107 cm³/mol. The largest absolute Gasteiger partial charge is 0.388 e. The third-order valence-electron chi connectivity index (χ3n) is 4.28. The Morgan fingerprint density at radius 2 is 1.48 bits per heavy atom. The molecule has 4 rings (SSSR count). The molecule has 0 amide bonds. The highest BCUT2D eigenvalue weighted by Gasteiger charge is 2.18. The van der Waals surface area contributed by atoms with Gasteiger partial charge in [0.1, 0.15) is 11.6 Å². The fourth-order valence-corrected chi connectivity index (χ4v) is 3.73. The van der Waals surface area contributed by atoms with Gasteiger partial charge in [-0.3, -0.25) is 9.55 Å². The minimum absolute atomic E-state index is 0.293. The number of pyridine rings is 1. The standard InChI is InChI=1S/C21H16F2N4OS/c22-16-3-1-14(2-4-16)19(28)13-29-21-26-25-20(15-9-11-24-12-10-15)27(21)18-7-5-17(23)6-8-18/h1-12,19,28H,13H2/t19-/m1/s1. The summed E-state index contributed by atoms with van der Waals surface area (Å²) in [6.07, 6.45) is 2.51. The summed E-state index contributed by atoms with van der Waals surface area (Å²) < 4.78 is 28.3. The third-order valence-corrected chi connectivity index (χ3v) is 5.29. The van der Waals surface area contributed by atoms with Gasteiger partial charge >= 0.3 is 0 Å². The molecule has 0 unspecified atom stereocenters. The molecular weight excluding hydrogens is 394 g/mol. The molecule has 0 saturated heterocycles. The molecule has 0 aliphatic carbocycles. The van der Waals surface area contributed by atoms with E-state index in [0.717, 1.165) is 5.56 Å². The SMILES string of the molecule is O[C@H](CSc1nnc(-c2ccncc2)n1-c1ccc(F)cc1)c1ccc(F)cc1. The van der Waals surface area contributed by atoms with Gasteiger partial charge in [0.05, 0.1) is 6.10 Å². The Bertz CT molecular complexity index is 1090. The molecule has 4 aromatic rings. The molecular formula is C21H16F2N4OS. The number of nitrogens with zero attached hydrogens (tertiary/aromatic N) is 4. The van der Waals surface area contributed by atoms with Crippen molar-refractivity contribution in [1.29, 1.82) is 0 Å². The summed E-state index contributed by atoms with van der Waals surface area (Å²) in [5.74, 6) is 0.180. The minimum Gasteiger partial charge on any atom is -0.388 e. The summed E-state index contributed by atoms with van der Waals surface area (Å²) in [5.41, 5.74) is 2.12. The fourth-order valence-electron chi connectivity index (χ4n) is 2.81. The van der Waals surface area contributed by atoms with E-state index >= 15 is 0 Å². The van der Waals surface area contributed by atoms with E-state index in [1.807, 2.05) is 12.1 Å². The number of thioether (sulfide) groups is 1. The maximum atomic E-state index is 13.4. The van der Waals surface area contributed by atoms with E-state index in [1.165, 1.54) is 36.0 Å². The monoisotopic (exact) mass is 410 g/mol. The van der Waals surface area contributed by atoms with Gasteiger partial charge in [0, 0.05) is 29.4 Å². The maximum absolute atomic E-state index is 13.4. The highest BCUT2D eigenvalue weighted by molar-refractivity contribution is 7.99. The number of hydrogen-bond donors (Lipinski definition) is 1. The fraction of sp³-hybridized carbons (Fsp3) is 0.0952. The first kappa shape index (κ1) is 19.2. The van der Waals surface area contributed by atoms with Crippen LogP contribution in [0.2, 0.25) is 0 Å². The topological polar surface area (TPSA) is 63.8 Å². The molecule has 0 aliphatic heterocycles. The first-order chi connectivity index (χ1) is 14.1. The summed E-state index contributed by atoms with van der Waals surface area (Å²) >= 11 is 1.30. The number of benzene rings is 2. The van der Waals surface area contributed by atoms with Gasteiger partial charge in [-0.15, -0.1) is 10.2 Å². The van der Waals surface area contributed by atoms with Gasteiger partial charge < -0.3 is 5.11 Å². The van der Waals surface area contributed by atoms with Crippen LogP contribution in [0.25, 0.3) is 17.1 Å². The molecule has 2 heterocycles. The summed E-state index contributed by atoms with van der Waals surface area (Å²) in [6.45, 7) is 0. The second kappa shape index (κ2) is 8.50. The Hall–Kier alpha value is -3.10. The van der Waals surface area contributed by atoms with Crippen LogP contribution in [0.5, 0.6) is 0 Å². The molecule has 0 saturated carbocycles. The maximum Gasteiger partial charge on any atom is 0.196 e. The van der Waals surface area contributed by atoms with Gasteiger partial charge in [-0.05, 0) is 54.1 Å². The summed E-state index contributed by atoms with van der Waals surface area (Å²) in [4.78, 5) is 4.02. The van der Waals surface area contributed by atoms with E-state index in [2.05, 4.69) is 15.2 Å². The van der Waals surface area contributed by atoms with E-state index in [1.54, 1.807) is 41.2 Å². The van der Waals surface area contributed by atoms with Crippen molar-refractivity contribution in [3.05, 3.63) is 90.3 Å². The zero-order valence-corrected chi connectivity index (χ0v) is 15.9. The molecule has 0 fully saturated rings. The molecule has 1 atom stereocenters. The Kier molecular flexibility index (Phi) is 5.64. The first-order valence-corrected chi connectivity index (χ1v) is 9.78. The van der Waals surface area contributed by atoms with Gasteiger partial charge in [0.25, 0.3) is 0 Å². The van der Waals surface area contributed by atoms with Gasteiger partial charge in [0.15, 0.2) is 11.0 Å². The summed E-state index contributed by atoms with van der Waals surface area (Å²) in [7, 11) is 0. The Balaban J connectivity index is 1.65. The van der Waals surface area contributed by atoms with Crippen LogP contribution in [-0.2, 0) is 0 Å². The van der Waals surface area contributed by atoms with E-state index in [4.69, 9.17) is 0 Å². The first-order valence-electron chi connectivity index (χ1n) is 8.80. The van der Waals surface area contributed by atoms with E-state index in [-0.39, 0.29) is 11.6 Å². The van der Waals surface area contributed by atoms with Crippen molar-refractivity contribution in [3.63, 3.8) is 0 Å². The van der Waals surface area contributed by atoms with Gasteiger partial charge in [-0.2, -0.15) is 0 Å². The highest BCUT2D eigenvalue weighted by atomic mass is 32.2. The quantitative estimate of drug-likeness (QED) is 0.477. The van der Waals surface area contributed by atoms with Crippen molar-refractivity contribution in [3.8, 4) is 17.1 Å². The van der Waals surface area contributed by atoms with Crippen molar-refractivity contribution in [1.82, 2.24) is 19.7 Å². The van der Waals surface area contributed by atoms with Crippen LogP contribution >= 0.6 is 11.8 Å². The molecule has 2 aromatic carbocycles. The van der Waals surface area contributed by atoms with Crippen LogP contribution < -0.4 is 0 Å². The molecule has 0 aliphatic rings. The number of hydrogen-bond acceptors (Lipinski definition) is 5. The Morgan fingerprint density at radius 3 is 2.14 bits per heavy atom. The van der Waals surface area contributed by atoms with E-state index < -0.39 is 6.10 Å². The molecule has 146 valence electrons. The number of aliphatic hydroxyl groups excluding tert-OH is 1. The van der Waals surface area contributed by atoms with E-state index in [9.17, 15) is 13.9 Å². The third kappa shape index (κ3) is 4.33. The lowest BCUT2D eigenvalue weighted by Gasteiger charge is -2.13. The molecule has 0 radical (unpaired) electrons. The molecule has 0 spiro atoms. The van der Waals surface area contributed by atoms with Gasteiger partial charge in [0.2, 0.25) is 0 Å². The molecule has 1 N–H and O–H groups in total. The molecule has 29 heavy (non-hydrogen) atoms. The van der Waals surface area contributed by atoms with Crippen molar-refractivity contribution in [2.75, 3.05) is 5.75 Å². The molecule has 8 heteroatoms. The van der Waals surface area contributed by atoms with Crippen molar-refractivity contribution in [2.24, 2.45) is 0 Å². The predicted octanol–water partition coefficient (Wildman–Crippen LogP) is 4.43. The normalized spacial score (nSPS) is 12.1. The second-order valence-corrected chi connectivity index (χ2v) is 7.22. The number of aliphatic hydroxyl groups is 1. The number of rotatable bonds is 6. The zero-order chi connectivity index (χ0) is 20.2. The second-order valence-electron chi connectivity index (χ2n) is 6.23. The van der Waals surface area contributed by atoms with Crippen LogP contribution in [0.4, 0.5) is 8.78 Å². The van der Waals surface area contributed by atoms with Crippen LogP contribution in [0.15, 0.2) is 78.2 Å². The molecule has 2 aromatic heterocycles. The smallest absolute Gasteiger partial charge is 0.196 e. The Morgan fingerprint density at radius 1 is 0.862 bits per heavy atom. The van der Waals surface area contributed by atoms with Gasteiger partial charge in [-0.25, -0.2) is 8.78 Å².